The average molecular weight is 299 g/mol. The third-order valence-electron chi connectivity index (χ3n) is 2.82. The molecule has 3 rings (SSSR count). The van der Waals surface area contributed by atoms with Gasteiger partial charge in [-0.15, -0.1) is 0 Å². The summed E-state index contributed by atoms with van der Waals surface area (Å²) >= 11 is 3.42. The lowest BCUT2D eigenvalue weighted by molar-refractivity contribution is 1.16. The van der Waals surface area contributed by atoms with Crippen LogP contribution in [-0.4, -0.2) is 9.97 Å². The van der Waals surface area contributed by atoms with Crippen LogP contribution in [0.1, 0.15) is 5.69 Å². The number of para-hydroxylation sites is 1. The van der Waals surface area contributed by atoms with Crippen molar-refractivity contribution in [2.24, 2.45) is 0 Å². The first kappa shape index (κ1) is 11.4. The van der Waals surface area contributed by atoms with Crippen LogP contribution in [0.4, 0.5) is 0 Å². The van der Waals surface area contributed by atoms with Gasteiger partial charge < -0.3 is 0 Å². The molecule has 0 radical (unpaired) electrons. The number of pyridine rings is 2. The van der Waals surface area contributed by atoms with Crippen molar-refractivity contribution in [3.63, 3.8) is 0 Å². The smallest absolute Gasteiger partial charge is 0.107 e. The summed E-state index contributed by atoms with van der Waals surface area (Å²) in [5, 5.41) is 1.16. The third kappa shape index (κ3) is 2.14. The molecule has 2 nitrogen and oxygen atoms in total. The topological polar surface area (TPSA) is 25.8 Å². The van der Waals surface area contributed by atoms with Crippen molar-refractivity contribution in [3.8, 4) is 11.3 Å². The minimum absolute atomic E-state index is 0.840. The maximum absolute atomic E-state index is 4.68. The molecule has 0 aliphatic heterocycles. The fraction of sp³-hybridized carbons (Fsp3) is 0.0667. The van der Waals surface area contributed by atoms with Gasteiger partial charge in [-0.3, -0.25) is 0 Å². The van der Waals surface area contributed by atoms with Gasteiger partial charge in [0.1, 0.15) is 4.60 Å². The summed E-state index contributed by atoms with van der Waals surface area (Å²) in [5.41, 5.74) is 4.05. The van der Waals surface area contributed by atoms with Crippen LogP contribution in [0, 0.1) is 6.92 Å². The van der Waals surface area contributed by atoms with E-state index >= 15 is 0 Å². The molecular weight excluding hydrogens is 288 g/mol. The van der Waals surface area contributed by atoms with E-state index in [1.165, 1.54) is 0 Å². The Balaban J connectivity index is 2.19. The van der Waals surface area contributed by atoms with Gasteiger partial charge in [0.2, 0.25) is 0 Å². The normalized spacial score (nSPS) is 10.8. The molecule has 88 valence electrons. The number of rotatable bonds is 1. The molecule has 0 aliphatic rings. The number of halogens is 1. The summed E-state index contributed by atoms with van der Waals surface area (Å²) in [6.07, 6.45) is 0. The van der Waals surface area contributed by atoms with Crippen molar-refractivity contribution in [1.29, 1.82) is 0 Å². The van der Waals surface area contributed by atoms with E-state index in [1.54, 1.807) is 0 Å². The second-order valence-corrected chi connectivity index (χ2v) is 5.02. The highest BCUT2D eigenvalue weighted by Gasteiger charge is 2.03. The Morgan fingerprint density at radius 3 is 2.61 bits per heavy atom. The lowest BCUT2D eigenvalue weighted by Crippen LogP contribution is -1.88. The van der Waals surface area contributed by atoms with Crippen LogP contribution < -0.4 is 0 Å². The van der Waals surface area contributed by atoms with Crippen LogP contribution in [0.15, 0.2) is 53.1 Å². The molecule has 0 unspecified atom stereocenters. The number of fused-ring (bicyclic) bond motifs is 1. The highest BCUT2D eigenvalue weighted by Crippen LogP contribution is 2.23. The van der Waals surface area contributed by atoms with Crippen LogP contribution in [0.3, 0.4) is 0 Å². The maximum atomic E-state index is 4.68. The number of hydrogen-bond donors (Lipinski definition) is 0. The number of hydrogen-bond acceptors (Lipinski definition) is 2. The maximum Gasteiger partial charge on any atom is 0.107 e. The fourth-order valence-corrected chi connectivity index (χ4v) is 2.53. The molecule has 1 aromatic carbocycles. The third-order valence-corrected chi connectivity index (χ3v) is 3.22. The van der Waals surface area contributed by atoms with Crippen LogP contribution in [0.2, 0.25) is 0 Å². The molecule has 0 amide bonds. The molecule has 0 saturated carbocycles. The molecule has 0 fully saturated rings. The zero-order chi connectivity index (χ0) is 12.5. The molecule has 3 heteroatoms. The van der Waals surface area contributed by atoms with Crippen molar-refractivity contribution in [1.82, 2.24) is 9.97 Å². The molecule has 0 spiro atoms. The van der Waals surface area contributed by atoms with Crippen LogP contribution in [0.5, 0.6) is 0 Å². The van der Waals surface area contributed by atoms with E-state index < -0.39 is 0 Å². The van der Waals surface area contributed by atoms with Gasteiger partial charge in [-0.2, -0.15) is 0 Å². The van der Waals surface area contributed by atoms with E-state index in [9.17, 15) is 0 Å². The zero-order valence-corrected chi connectivity index (χ0v) is 11.5. The van der Waals surface area contributed by atoms with Gasteiger partial charge in [0.05, 0.1) is 11.2 Å². The van der Waals surface area contributed by atoms with E-state index in [1.807, 2.05) is 43.3 Å². The van der Waals surface area contributed by atoms with Gasteiger partial charge >= 0.3 is 0 Å². The summed E-state index contributed by atoms with van der Waals surface area (Å²) in [7, 11) is 0. The Kier molecular flexibility index (Phi) is 2.84. The Morgan fingerprint density at radius 1 is 0.944 bits per heavy atom. The number of aromatic nitrogens is 2. The summed E-state index contributed by atoms with van der Waals surface area (Å²) < 4.78 is 0.840. The molecule has 0 atom stereocenters. The van der Waals surface area contributed by atoms with Crippen LogP contribution in [-0.2, 0) is 0 Å². The lowest BCUT2D eigenvalue weighted by Gasteiger charge is -2.05. The highest BCUT2D eigenvalue weighted by atomic mass is 79.9. The van der Waals surface area contributed by atoms with Gasteiger partial charge in [-0.05, 0) is 47.1 Å². The van der Waals surface area contributed by atoms with Gasteiger partial charge in [0.15, 0.2) is 0 Å². The largest absolute Gasteiger partial charge is 0.248 e. The molecule has 0 saturated heterocycles. The van der Waals surface area contributed by atoms with Gasteiger partial charge in [-0.1, -0.05) is 24.3 Å². The Labute approximate surface area is 114 Å². The highest BCUT2D eigenvalue weighted by molar-refractivity contribution is 9.10. The molecule has 3 aromatic rings. The van der Waals surface area contributed by atoms with E-state index in [0.29, 0.717) is 0 Å². The van der Waals surface area contributed by atoms with E-state index in [0.717, 1.165) is 32.5 Å². The zero-order valence-electron chi connectivity index (χ0n) is 9.89. The average Bonchev–Trinajstić information content (AvgIpc) is 2.37. The first-order chi connectivity index (χ1) is 8.72. The molecule has 0 aliphatic carbocycles. The number of benzene rings is 1. The summed E-state index contributed by atoms with van der Waals surface area (Å²) in [6.45, 7) is 1.98. The van der Waals surface area contributed by atoms with Crippen LogP contribution >= 0.6 is 15.9 Å². The summed E-state index contributed by atoms with van der Waals surface area (Å²) in [5.74, 6) is 0. The second-order valence-electron chi connectivity index (χ2n) is 4.21. The predicted octanol–water partition coefficient (Wildman–Crippen LogP) is 4.37. The second kappa shape index (κ2) is 4.50. The molecular formula is C15H11BrN2. The molecule has 18 heavy (non-hydrogen) atoms. The van der Waals surface area contributed by atoms with E-state index in [2.05, 4.69) is 38.0 Å². The predicted molar refractivity (Wildman–Crippen MR) is 77.4 cm³/mol. The molecule has 0 N–H and O–H groups in total. The van der Waals surface area contributed by atoms with E-state index in [4.69, 9.17) is 0 Å². The first-order valence-electron chi connectivity index (χ1n) is 5.73. The minimum atomic E-state index is 0.840. The van der Waals surface area contributed by atoms with Gasteiger partial charge in [-0.25, -0.2) is 9.97 Å². The van der Waals surface area contributed by atoms with Crippen molar-refractivity contribution in [2.75, 3.05) is 0 Å². The SMILES string of the molecule is Cc1cc(-c2ccc3ccccc3n2)cc(Br)n1. The van der Waals surface area contributed by atoms with Crippen molar-refractivity contribution >= 4 is 26.8 Å². The number of nitrogens with zero attached hydrogens (tertiary/aromatic N) is 2. The van der Waals surface area contributed by atoms with Gasteiger partial charge in [0.25, 0.3) is 0 Å². The van der Waals surface area contributed by atoms with Crippen LogP contribution in [0.25, 0.3) is 22.2 Å². The molecule has 2 heterocycles. The summed E-state index contributed by atoms with van der Waals surface area (Å²) in [4.78, 5) is 8.99. The lowest BCUT2D eigenvalue weighted by atomic mass is 10.1. The first-order valence-corrected chi connectivity index (χ1v) is 6.52. The number of aryl methyl sites for hydroxylation is 1. The fourth-order valence-electron chi connectivity index (χ4n) is 2.00. The van der Waals surface area contributed by atoms with Gasteiger partial charge in [0, 0.05) is 16.6 Å². The quantitative estimate of drug-likeness (QED) is 0.624. The van der Waals surface area contributed by atoms with Crippen molar-refractivity contribution in [3.05, 3.63) is 58.8 Å². The standard InChI is InChI=1S/C15H11BrN2/c1-10-8-12(9-15(16)17-10)14-7-6-11-4-2-3-5-13(11)18-14/h2-9H,1H3. The Bertz CT molecular complexity index is 702. The molecule has 2 aromatic heterocycles. The monoisotopic (exact) mass is 298 g/mol. The Morgan fingerprint density at radius 2 is 1.78 bits per heavy atom. The molecule has 0 bridgehead atoms. The minimum Gasteiger partial charge on any atom is -0.248 e. The summed E-state index contributed by atoms with van der Waals surface area (Å²) in [6, 6.07) is 16.3. The van der Waals surface area contributed by atoms with E-state index in [-0.39, 0.29) is 0 Å². The van der Waals surface area contributed by atoms with Crippen molar-refractivity contribution in [2.45, 2.75) is 6.92 Å². The van der Waals surface area contributed by atoms with Crippen molar-refractivity contribution < 1.29 is 0 Å². The Hall–Kier alpha value is -1.74.